The van der Waals surface area contributed by atoms with E-state index >= 15 is 0 Å². The highest BCUT2D eigenvalue weighted by molar-refractivity contribution is 5.88. The number of aliphatic imine (C=N–C) groups is 1. The second-order valence-corrected chi connectivity index (χ2v) is 3.72. The number of nitrogens with zero attached hydrogens (tertiary/aromatic N) is 2. The summed E-state index contributed by atoms with van der Waals surface area (Å²) >= 11 is 0. The van der Waals surface area contributed by atoms with Crippen LogP contribution >= 0.6 is 0 Å². The molecular formula is C11H11F3N2. The van der Waals surface area contributed by atoms with E-state index in [1.54, 1.807) is 24.3 Å². The van der Waals surface area contributed by atoms with Crippen molar-refractivity contribution in [2.24, 2.45) is 4.99 Å². The summed E-state index contributed by atoms with van der Waals surface area (Å²) in [5, 5.41) is 0. The third-order valence-electron chi connectivity index (χ3n) is 2.67. The van der Waals surface area contributed by atoms with Crippen molar-refractivity contribution in [2.45, 2.75) is 12.2 Å². The second kappa shape index (κ2) is 3.81. The summed E-state index contributed by atoms with van der Waals surface area (Å²) in [6, 6.07) is 5.39. The van der Waals surface area contributed by atoms with Gasteiger partial charge in [-0.1, -0.05) is 18.2 Å². The van der Waals surface area contributed by atoms with Gasteiger partial charge >= 0.3 is 6.18 Å². The van der Waals surface area contributed by atoms with Crippen LogP contribution in [0.3, 0.4) is 0 Å². The molecule has 1 aromatic carbocycles. The molecule has 0 spiro atoms. The number of likely N-dealkylation sites (N-methyl/N-ethyl adjacent to an activating group) is 1. The lowest BCUT2D eigenvalue weighted by Crippen LogP contribution is -2.45. The van der Waals surface area contributed by atoms with E-state index < -0.39 is 12.2 Å². The highest BCUT2D eigenvalue weighted by Gasteiger charge is 2.43. The zero-order valence-corrected chi connectivity index (χ0v) is 8.70. The van der Waals surface area contributed by atoms with E-state index in [0.717, 1.165) is 5.56 Å². The van der Waals surface area contributed by atoms with Crippen LogP contribution in [0.5, 0.6) is 0 Å². The molecule has 0 saturated carbocycles. The van der Waals surface area contributed by atoms with Gasteiger partial charge in [-0.3, -0.25) is 4.99 Å². The Morgan fingerprint density at radius 1 is 1.31 bits per heavy atom. The highest BCUT2D eigenvalue weighted by atomic mass is 19.4. The lowest BCUT2D eigenvalue weighted by Gasteiger charge is -2.29. The number of anilines is 1. The van der Waals surface area contributed by atoms with E-state index in [2.05, 4.69) is 4.99 Å². The standard InChI is InChI=1S/C11H11F3N2/c1-16-9-5-3-2-4-8(9)6-15-7-10(16)11(12,13)14/h2-6,10H,7H2,1H3. The van der Waals surface area contributed by atoms with Crippen molar-refractivity contribution in [3.05, 3.63) is 29.8 Å². The number of benzene rings is 1. The molecule has 0 aliphatic carbocycles. The van der Waals surface area contributed by atoms with Crippen molar-refractivity contribution in [3.63, 3.8) is 0 Å². The molecule has 0 saturated heterocycles. The zero-order valence-electron chi connectivity index (χ0n) is 8.70. The average Bonchev–Trinajstić information content (AvgIpc) is 2.38. The van der Waals surface area contributed by atoms with Gasteiger partial charge in [0, 0.05) is 24.5 Å². The molecule has 1 aliphatic rings. The molecule has 16 heavy (non-hydrogen) atoms. The van der Waals surface area contributed by atoms with Gasteiger partial charge in [0.25, 0.3) is 0 Å². The quantitative estimate of drug-likeness (QED) is 0.666. The van der Waals surface area contributed by atoms with Crippen LogP contribution in [0, 0.1) is 0 Å². The number of fused-ring (bicyclic) bond motifs is 1. The van der Waals surface area contributed by atoms with Crippen LogP contribution in [0.25, 0.3) is 0 Å². The maximum absolute atomic E-state index is 12.8. The van der Waals surface area contributed by atoms with Gasteiger partial charge in [-0.2, -0.15) is 13.2 Å². The van der Waals surface area contributed by atoms with Gasteiger partial charge in [-0.25, -0.2) is 0 Å². The monoisotopic (exact) mass is 228 g/mol. The fourth-order valence-electron chi connectivity index (χ4n) is 1.78. The van der Waals surface area contributed by atoms with Crippen molar-refractivity contribution >= 4 is 11.9 Å². The number of para-hydroxylation sites is 1. The Morgan fingerprint density at radius 2 is 2.00 bits per heavy atom. The van der Waals surface area contributed by atoms with E-state index in [9.17, 15) is 13.2 Å². The van der Waals surface area contributed by atoms with Gasteiger partial charge in [0.1, 0.15) is 6.04 Å². The molecule has 1 aliphatic heterocycles. The molecule has 0 amide bonds. The molecule has 0 N–H and O–H groups in total. The fraction of sp³-hybridized carbons (Fsp3) is 0.364. The van der Waals surface area contributed by atoms with Gasteiger partial charge < -0.3 is 4.90 Å². The predicted molar refractivity (Wildman–Crippen MR) is 57.1 cm³/mol. The molecule has 86 valence electrons. The second-order valence-electron chi connectivity index (χ2n) is 3.72. The lowest BCUT2D eigenvalue weighted by atomic mass is 10.1. The van der Waals surface area contributed by atoms with Crippen LogP contribution in [-0.4, -0.2) is 32.0 Å². The van der Waals surface area contributed by atoms with E-state index in [4.69, 9.17) is 0 Å². The van der Waals surface area contributed by atoms with E-state index in [1.807, 2.05) is 0 Å². The van der Waals surface area contributed by atoms with Crippen molar-refractivity contribution in [3.8, 4) is 0 Å². The van der Waals surface area contributed by atoms with Gasteiger partial charge in [-0.15, -0.1) is 0 Å². The molecule has 0 fully saturated rings. The van der Waals surface area contributed by atoms with Crippen LogP contribution in [0.2, 0.25) is 0 Å². The summed E-state index contributed by atoms with van der Waals surface area (Å²) in [4.78, 5) is 5.06. The molecule has 1 aromatic rings. The molecule has 1 unspecified atom stereocenters. The molecule has 0 bridgehead atoms. The summed E-state index contributed by atoms with van der Waals surface area (Å²) in [5.74, 6) is 0. The molecule has 2 rings (SSSR count). The van der Waals surface area contributed by atoms with Crippen LogP contribution in [0.4, 0.5) is 18.9 Å². The minimum Gasteiger partial charge on any atom is -0.361 e. The van der Waals surface area contributed by atoms with Crippen LogP contribution in [0.15, 0.2) is 29.3 Å². The SMILES string of the molecule is CN1c2ccccc2C=NCC1C(F)(F)F. The number of rotatable bonds is 0. The third kappa shape index (κ3) is 1.89. The molecular weight excluding hydrogens is 217 g/mol. The largest absolute Gasteiger partial charge is 0.410 e. The van der Waals surface area contributed by atoms with Gasteiger partial charge in [0.15, 0.2) is 0 Å². The van der Waals surface area contributed by atoms with Gasteiger partial charge in [0.05, 0.1) is 6.54 Å². The van der Waals surface area contributed by atoms with E-state index in [1.165, 1.54) is 18.2 Å². The number of hydrogen-bond acceptors (Lipinski definition) is 2. The van der Waals surface area contributed by atoms with Crippen molar-refractivity contribution in [1.82, 2.24) is 0 Å². The van der Waals surface area contributed by atoms with Crippen molar-refractivity contribution < 1.29 is 13.2 Å². The van der Waals surface area contributed by atoms with E-state index in [0.29, 0.717) is 5.69 Å². The van der Waals surface area contributed by atoms with Crippen molar-refractivity contribution in [1.29, 1.82) is 0 Å². The number of halogens is 3. The zero-order chi connectivity index (χ0) is 11.8. The Kier molecular flexibility index (Phi) is 2.61. The summed E-state index contributed by atoms with van der Waals surface area (Å²) in [5.41, 5.74) is 1.28. The Labute approximate surface area is 91.4 Å². The maximum atomic E-state index is 12.8. The molecule has 1 atom stereocenters. The Hall–Kier alpha value is -1.52. The number of alkyl halides is 3. The number of hydrogen-bond donors (Lipinski definition) is 0. The lowest BCUT2D eigenvalue weighted by molar-refractivity contribution is -0.145. The normalized spacial score (nSPS) is 20.5. The first-order chi connectivity index (χ1) is 7.50. The van der Waals surface area contributed by atoms with Crippen molar-refractivity contribution in [2.75, 3.05) is 18.5 Å². The summed E-state index contributed by atoms with van der Waals surface area (Å²) in [6.45, 7) is -0.255. The molecule has 0 aromatic heterocycles. The first-order valence-corrected chi connectivity index (χ1v) is 4.88. The fourth-order valence-corrected chi connectivity index (χ4v) is 1.78. The average molecular weight is 228 g/mol. The van der Waals surface area contributed by atoms with Crippen LogP contribution < -0.4 is 4.90 Å². The third-order valence-corrected chi connectivity index (χ3v) is 2.67. The summed E-state index contributed by atoms with van der Waals surface area (Å²) < 4.78 is 38.3. The summed E-state index contributed by atoms with van der Waals surface area (Å²) in [7, 11) is 1.45. The van der Waals surface area contributed by atoms with Gasteiger partial charge in [-0.05, 0) is 6.07 Å². The Morgan fingerprint density at radius 3 is 2.69 bits per heavy atom. The minimum absolute atomic E-state index is 0.255. The molecule has 0 radical (unpaired) electrons. The first kappa shape index (κ1) is 11.0. The van der Waals surface area contributed by atoms with Crippen LogP contribution in [0.1, 0.15) is 5.56 Å². The highest BCUT2D eigenvalue weighted by Crippen LogP contribution is 2.31. The minimum atomic E-state index is -4.26. The topological polar surface area (TPSA) is 15.6 Å². The van der Waals surface area contributed by atoms with E-state index in [-0.39, 0.29) is 6.54 Å². The first-order valence-electron chi connectivity index (χ1n) is 4.88. The molecule has 2 nitrogen and oxygen atoms in total. The van der Waals surface area contributed by atoms with Crippen LogP contribution in [-0.2, 0) is 0 Å². The van der Waals surface area contributed by atoms with Gasteiger partial charge in [0.2, 0.25) is 0 Å². The molecule has 5 heteroatoms. The maximum Gasteiger partial charge on any atom is 0.410 e. The number of benzodiazepines with no additional fused rings is 1. The predicted octanol–water partition coefficient (Wildman–Crippen LogP) is 2.49. The molecule has 1 heterocycles. The Bertz CT molecular complexity index is 412. The Balaban J connectivity index is 2.43. The summed E-state index contributed by atoms with van der Waals surface area (Å²) in [6.07, 6.45) is -2.76. The smallest absolute Gasteiger partial charge is 0.361 e.